The molecule has 1 fully saturated rings. The molecule has 1 unspecified atom stereocenters. The Hall–Kier alpha value is -3.61. The first kappa shape index (κ1) is 19.2. The van der Waals surface area contributed by atoms with E-state index < -0.39 is 23.7 Å². The van der Waals surface area contributed by atoms with Crippen LogP contribution >= 0.6 is 0 Å². The fourth-order valence-electron chi connectivity index (χ4n) is 3.24. The van der Waals surface area contributed by atoms with Crippen molar-refractivity contribution in [3.8, 4) is 5.75 Å². The van der Waals surface area contributed by atoms with E-state index in [9.17, 15) is 19.5 Å². The van der Waals surface area contributed by atoms with Gasteiger partial charge in [0.15, 0.2) is 0 Å². The number of carboxylic acids is 1. The van der Waals surface area contributed by atoms with Crippen LogP contribution in [0.4, 0.5) is 0 Å². The lowest BCUT2D eigenvalue weighted by atomic mass is 9.95. The van der Waals surface area contributed by atoms with E-state index in [1.54, 1.807) is 54.6 Å². The highest BCUT2D eigenvalue weighted by molar-refractivity contribution is 6.46. The molecule has 0 spiro atoms. The Balaban J connectivity index is 2.16. The van der Waals surface area contributed by atoms with Crippen molar-refractivity contribution in [3.05, 3.63) is 71.3 Å². The van der Waals surface area contributed by atoms with E-state index in [2.05, 4.69) is 0 Å². The lowest BCUT2D eigenvalue weighted by Gasteiger charge is -2.25. The number of hydrogen-bond donors (Lipinski definition) is 2. The number of ketones is 1. The van der Waals surface area contributed by atoms with Gasteiger partial charge in [-0.25, -0.2) is 0 Å². The monoisotopic (exact) mass is 381 g/mol. The van der Waals surface area contributed by atoms with Gasteiger partial charge in [-0.3, -0.25) is 14.4 Å². The zero-order valence-electron chi connectivity index (χ0n) is 15.2. The van der Waals surface area contributed by atoms with Crippen LogP contribution in [0, 0.1) is 0 Å². The van der Waals surface area contributed by atoms with Gasteiger partial charge in [0.2, 0.25) is 0 Å². The van der Waals surface area contributed by atoms with Crippen LogP contribution < -0.4 is 4.74 Å². The minimum absolute atomic E-state index is 0.0742. The minimum atomic E-state index is -1.09. The Morgan fingerprint density at radius 3 is 2.43 bits per heavy atom. The van der Waals surface area contributed by atoms with Crippen LogP contribution in [0.2, 0.25) is 0 Å². The highest BCUT2D eigenvalue weighted by atomic mass is 16.5. The van der Waals surface area contributed by atoms with Crippen LogP contribution in [0.3, 0.4) is 0 Å². The quantitative estimate of drug-likeness (QED) is 0.453. The lowest BCUT2D eigenvalue weighted by molar-refractivity contribution is -0.142. The Labute approximate surface area is 161 Å². The molecule has 1 atom stereocenters. The van der Waals surface area contributed by atoms with Gasteiger partial charge < -0.3 is 19.8 Å². The molecule has 2 N–H and O–H groups in total. The van der Waals surface area contributed by atoms with E-state index in [0.717, 1.165) is 0 Å². The number of amides is 1. The summed E-state index contributed by atoms with van der Waals surface area (Å²) in [5.41, 5.74) is 0.864. The van der Waals surface area contributed by atoms with Gasteiger partial charge in [-0.05, 0) is 17.7 Å². The van der Waals surface area contributed by atoms with E-state index in [1.165, 1.54) is 12.0 Å². The summed E-state index contributed by atoms with van der Waals surface area (Å²) >= 11 is 0. The van der Waals surface area contributed by atoms with Gasteiger partial charge in [-0.1, -0.05) is 42.5 Å². The van der Waals surface area contributed by atoms with Crippen molar-refractivity contribution in [1.82, 2.24) is 4.90 Å². The summed E-state index contributed by atoms with van der Waals surface area (Å²) < 4.78 is 5.22. The van der Waals surface area contributed by atoms with Crippen LogP contribution in [0.15, 0.2) is 60.2 Å². The average Bonchev–Trinajstić information content (AvgIpc) is 2.97. The molecular weight excluding hydrogens is 362 g/mol. The molecule has 28 heavy (non-hydrogen) atoms. The fourth-order valence-corrected chi connectivity index (χ4v) is 3.24. The van der Waals surface area contributed by atoms with E-state index in [-0.39, 0.29) is 24.3 Å². The van der Waals surface area contributed by atoms with E-state index in [0.29, 0.717) is 16.9 Å². The number of likely N-dealkylation sites (tertiary alicyclic amines) is 1. The largest absolute Gasteiger partial charge is 0.507 e. The standard InChI is InChI=1S/C21H19NO6/c1-28-15-9-5-8-14(12-15)18-17(19(25)13-6-3-2-4-7-13)20(26)21(27)22(18)11-10-16(23)24/h2-9,12,18,25H,10-11H2,1H3,(H,23,24)/b19-17-. The van der Waals surface area contributed by atoms with Crippen molar-refractivity contribution < 1.29 is 29.3 Å². The zero-order valence-corrected chi connectivity index (χ0v) is 15.2. The first-order valence-corrected chi connectivity index (χ1v) is 8.63. The van der Waals surface area contributed by atoms with Crippen molar-refractivity contribution in [2.24, 2.45) is 0 Å². The number of rotatable bonds is 6. The zero-order chi connectivity index (χ0) is 20.3. The second-order valence-corrected chi connectivity index (χ2v) is 6.28. The topological polar surface area (TPSA) is 104 Å². The number of carbonyl (C=O) groups is 3. The van der Waals surface area contributed by atoms with Gasteiger partial charge >= 0.3 is 5.97 Å². The van der Waals surface area contributed by atoms with Crippen LogP contribution in [-0.2, 0) is 14.4 Å². The maximum absolute atomic E-state index is 12.7. The fraction of sp³-hybridized carbons (Fsp3) is 0.190. The summed E-state index contributed by atoms with van der Waals surface area (Å²) in [6.07, 6.45) is -0.321. The average molecular weight is 381 g/mol. The molecular formula is C21H19NO6. The lowest BCUT2D eigenvalue weighted by Crippen LogP contribution is -2.31. The number of aliphatic hydroxyl groups excluding tert-OH is 1. The molecule has 3 rings (SSSR count). The molecule has 0 bridgehead atoms. The summed E-state index contributed by atoms with van der Waals surface area (Å²) in [6.45, 7) is -0.159. The summed E-state index contributed by atoms with van der Waals surface area (Å²) in [4.78, 5) is 37.5. The van der Waals surface area contributed by atoms with Gasteiger partial charge in [0.25, 0.3) is 11.7 Å². The molecule has 1 heterocycles. The number of aliphatic hydroxyl groups is 1. The number of Topliss-reactive ketones (excluding diaryl/α,β-unsaturated/α-hetero) is 1. The molecule has 1 aliphatic heterocycles. The number of aliphatic carboxylic acids is 1. The SMILES string of the molecule is COc1cccc(C2/C(=C(/O)c3ccccc3)C(=O)C(=O)N2CCC(=O)O)c1. The molecule has 2 aromatic carbocycles. The van der Waals surface area contributed by atoms with E-state index in [4.69, 9.17) is 9.84 Å². The van der Waals surface area contributed by atoms with Crippen LogP contribution in [0.5, 0.6) is 5.75 Å². The predicted molar refractivity (Wildman–Crippen MR) is 101 cm³/mol. The summed E-state index contributed by atoms with van der Waals surface area (Å²) in [5.74, 6) is -2.56. The maximum Gasteiger partial charge on any atom is 0.305 e. The van der Waals surface area contributed by atoms with E-state index in [1.807, 2.05) is 0 Å². The molecule has 0 saturated carbocycles. The minimum Gasteiger partial charge on any atom is -0.507 e. The molecule has 0 aromatic heterocycles. The number of methoxy groups -OCH3 is 1. The number of ether oxygens (including phenoxy) is 1. The first-order valence-electron chi connectivity index (χ1n) is 8.63. The molecule has 1 aliphatic rings. The third kappa shape index (κ3) is 3.59. The van der Waals surface area contributed by atoms with Crippen molar-refractivity contribution >= 4 is 23.4 Å². The molecule has 1 amide bonds. The van der Waals surface area contributed by atoms with Gasteiger partial charge in [0.1, 0.15) is 11.5 Å². The van der Waals surface area contributed by atoms with Gasteiger partial charge in [0.05, 0.1) is 25.1 Å². The summed E-state index contributed by atoms with van der Waals surface area (Å²) in [5, 5.41) is 19.8. The van der Waals surface area contributed by atoms with Crippen molar-refractivity contribution in [3.63, 3.8) is 0 Å². The third-order valence-corrected chi connectivity index (χ3v) is 4.56. The molecule has 1 saturated heterocycles. The Kier molecular flexibility index (Phi) is 5.44. The maximum atomic E-state index is 12.7. The molecule has 0 radical (unpaired) electrons. The Morgan fingerprint density at radius 1 is 1.07 bits per heavy atom. The van der Waals surface area contributed by atoms with Crippen molar-refractivity contribution in [1.29, 1.82) is 0 Å². The van der Waals surface area contributed by atoms with Gasteiger partial charge in [-0.2, -0.15) is 0 Å². The van der Waals surface area contributed by atoms with Gasteiger partial charge in [-0.15, -0.1) is 0 Å². The number of benzene rings is 2. The van der Waals surface area contributed by atoms with Crippen LogP contribution in [-0.4, -0.2) is 46.4 Å². The van der Waals surface area contributed by atoms with Gasteiger partial charge in [0, 0.05) is 12.1 Å². The molecule has 7 nitrogen and oxygen atoms in total. The van der Waals surface area contributed by atoms with E-state index >= 15 is 0 Å². The predicted octanol–water partition coefficient (Wildman–Crippen LogP) is 2.59. The molecule has 2 aromatic rings. The molecule has 0 aliphatic carbocycles. The Morgan fingerprint density at radius 2 is 1.79 bits per heavy atom. The van der Waals surface area contributed by atoms with Crippen molar-refractivity contribution in [2.45, 2.75) is 12.5 Å². The number of carboxylic acid groups (broad SMARTS) is 1. The molecule has 144 valence electrons. The number of carbonyl (C=O) groups excluding carboxylic acids is 2. The van der Waals surface area contributed by atoms with Crippen molar-refractivity contribution in [2.75, 3.05) is 13.7 Å². The second kappa shape index (κ2) is 7.96. The Bertz CT molecular complexity index is 950. The highest BCUT2D eigenvalue weighted by Gasteiger charge is 2.46. The van der Waals surface area contributed by atoms with Crippen LogP contribution in [0.25, 0.3) is 5.76 Å². The third-order valence-electron chi connectivity index (χ3n) is 4.56. The second-order valence-electron chi connectivity index (χ2n) is 6.28. The summed E-state index contributed by atoms with van der Waals surface area (Å²) in [6, 6.07) is 14.3. The normalized spacial score (nSPS) is 18.3. The number of hydrogen-bond acceptors (Lipinski definition) is 5. The highest BCUT2D eigenvalue weighted by Crippen LogP contribution is 2.40. The number of nitrogens with zero attached hydrogens (tertiary/aromatic N) is 1. The molecule has 7 heteroatoms. The van der Waals surface area contributed by atoms with Crippen LogP contribution in [0.1, 0.15) is 23.6 Å². The smallest absolute Gasteiger partial charge is 0.305 e. The first-order chi connectivity index (χ1) is 13.4. The summed E-state index contributed by atoms with van der Waals surface area (Å²) in [7, 11) is 1.49.